The lowest BCUT2D eigenvalue weighted by Gasteiger charge is -1.60. The Bertz CT molecular complexity index is 62.8. The number of rotatable bonds is 0. The molecule has 0 fully saturated rings. The highest BCUT2D eigenvalue weighted by molar-refractivity contribution is 5.53. The largest absolute Gasteiger partial charge is 0.503 e. The number of hydrogen-bond acceptors (Lipinski definition) is 1. The fraction of sp³-hybridized carbons (Fsp3) is 0.250. The van der Waals surface area contributed by atoms with Gasteiger partial charge < -0.3 is 10.2 Å². The average Bonchev–Trinajstić information content (AvgIpc) is 1.33. The summed E-state index contributed by atoms with van der Waals surface area (Å²) in [6.45, 7) is 5.25. The van der Waals surface area contributed by atoms with Crippen molar-refractivity contribution in [3.05, 3.63) is 12.7 Å². The maximum absolute atomic E-state index is 8.56. The minimum absolute atomic E-state index is 0. The minimum atomic E-state index is -1.83. The summed E-state index contributed by atoms with van der Waals surface area (Å²) < 4.78 is 0. The summed E-state index contributed by atoms with van der Waals surface area (Å²) in [6, 6.07) is 0. The molecule has 3 nitrogen and oxygen atoms in total. The summed E-state index contributed by atoms with van der Waals surface area (Å²) in [5.41, 5.74) is 0. The van der Waals surface area contributed by atoms with Crippen molar-refractivity contribution in [2.45, 2.75) is 6.92 Å². The first-order chi connectivity index (χ1) is 3.15. The average molecular weight is 164 g/mol. The van der Waals surface area contributed by atoms with Crippen LogP contribution >= 0.6 is 0 Å². The molecule has 0 radical (unpaired) electrons. The van der Waals surface area contributed by atoms with E-state index in [1.165, 1.54) is 0 Å². The number of carboxylic acid groups (broad SMARTS) is 2. The SMILES string of the molecule is C=CC.F.F.F.O=C(O)O. The molecule has 6 heteroatoms. The molecule has 0 unspecified atom stereocenters. The molecule has 0 aliphatic carbocycles. The van der Waals surface area contributed by atoms with Gasteiger partial charge in [0.15, 0.2) is 0 Å². The molecule has 0 aliphatic heterocycles. The van der Waals surface area contributed by atoms with Crippen LogP contribution in [0.15, 0.2) is 12.7 Å². The first-order valence-corrected chi connectivity index (χ1v) is 1.64. The van der Waals surface area contributed by atoms with Gasteiger partial charge in [-0.15, -0.1) is 6.58 Å². The highest BCUT2D eigenvalue weighted by Gasteiger charge is 1.70. The van der Waals surface area contributed by atoms with E-state index in [0.29, 0.717) is 0 Å². The van der Waals surface area contributed by atoms with Gasteiger partial charge in [-0.05, 0) is 6.92 Å². The lowest BCUT2D eigenvalue weighted by atomic mass is 10.8. The molecular weight excluding hydrogens is 153 g/mol. The van der Waals surface area contributed by atoms with Gasteiger partial charge in [0.05, 0.1) is 0 Å². The van der Waals surface area contributed by atoms with Crippen LogP contribution in [0.5, 0.6) is 0 Å². The van der Waals surface area contributed by atoms with Crippen molar-refractivity contribution in [3.8, 4) is 0 Å². The van der Waals surface area contributed by atoms with Crippen LogP contribution in [0, 0.1) is 0 Å². The summed E-state index contributed by atoms with van der Waals surface area (Å²) in [4.78, 5) is 8.56. The zero-order valence-electron chi connectivity index (χ0n) is 5.31. The zero-order valence-corrected chi connectivity index (χ0v) is 5.31. The molecule has 0 atom stereocenters. The van der Waals surface area contributed by atoms with Gasteiger partial charge in [-0.3, -0.25) is 14.1 Å². The van der Waals surface area contributed by atoms with E-state index in [1.807, 2.05) is 6.92 Å². The van der Waals surface area contributed by atoms with Crippen molar-refractivity contribution in [2.75, 3.05) is 0 Å². The topological polar surface area (TPSA) is 57.5 Å². The van der Waals surface area contributed by atoms with Crippen LogP contribution in [0.3, 0.4) is 0 Å². The van der Waals surface area contributed by atoms with Gasteiger partial charge in [-0.2, -0.15) is 0 Å². The second-order valence-electron chi connectivity index (χ2n) is 0.691. The smallest absolute Gasteiger partial charge is 0.450 e. The molecule has 2 N–H and O–H groups in total. The van der Waals surface area contributed by atoms with E-state index < -0.39 is 6.16 Å². The van der Waals surface area contributed by atoms with Crippen molar-refractivity contribution in [1.82, 2.24) is 0 Å². The van der Waals surface area contributed by atoms with Crippen LogP contribution < -0.4 is 0 Å². The van der Waals surface area contributed by atoms with E-state index >= 15 is 0 Å². The molecule has 66 valence electrons. The third-order valence-electron chi connectivity index (χ3n) is 0. The maximum atomic E-state index is 8.56. The van der Waals surface area contributed by atoms with Gasteiger partial charge in [0.1, 0.15) is 0 Å². The quantitative estimate of drug-likeness (QED) is 0.537. The molecule has 0 bridgehead atoms. The van der Waals surface area contributed by atoms with Gasteiger partial charge in [-0.25, -0.2) is 4.79 Å². The van der Waals surface area contributed by atoms with Crippen molar-refractivity contribution >= 4 is 6.16 Å². The van der Waals surface area contributed by atoms with Gasteiger partial charge in [-0.1, -0.05) is 6.08 Å². The third-order valence-corrected chi connectivity index (χ3v) is 0. The van der Waals surface area contributed by atoms with Crippen molar-refractivity contribution < 1.29 is 29.1 Å². The predicted molar refractivity (Wildman–Crippen MR) is 34.0 cm³/mol. The van der Waals surface area contributed by atoms with Crippen molar-refractivity contribution in [1.29, 1.82) is 0 Å². The maximum Gasteiger partial charge on any atom is 0.503 e. The lowest BCUT2D eigenvalue weighted by Crippen LogP contribution is -1.81. The second kappa shape index (κ2) is 46.0. The predicted octanol–water partition coefficient (Wildman–Crippen LogP) is 1.87. The monoisotopic (exact) mass is 164 g/mol. The molecule has 0 saturated carbocycles. The van der Waals surface area contributed by atoms with E-state index in [4.69, 9.17) is 15.0 Å². The molecule has 0 aromatic heterocycles. The van der Waals surface area contributed by atoms with Crippen LogP contribution in [-0.4, -0.2) is 16.4 Å². The van der Waals surface area contributed by atoms with Crippen LogP contribution in [0.25, 0.3) is 0 Å². The zero-order chi connectivity index (χ0) is 6.28. The van der Waals surface area contributed by atoms with E-state index in [9.17, 15) is 0 Å². The number of halogens is 3. The number of carbonyl (C=O) groups is 1. The molecule has 0 aromatic rings. The Labute approximate surface area is 56.1 Å². The lowest BCUT2D eigenvalue weighted by molar-refractivity contribution is 0.137. The van der Waals surface area contributed by atoms with Gasteiger partial charge >= 0.3 is 6.16 Å². The highest BCUT2D eigenvalue weighted by Crippen LogP contribution is 1.42. The minimum Gasteiger partial charge on any atom is -0.450 e. The summed E-state index contributed by atoms with van der Waals surface area (Å²) >= 11 is 0. The van der Waals surface area contributed by atoms with Gasteiger partial charge in [0.2, 0.25) is 0 Å². The number of hydrogen-bond donors (Lipinski definition) is 2. The van der Waals surface area contributed by atoms with Gasteiger partial charge in [0, 0.05) is 0 Å². The molecule has 0 heterocycles. The van der Waals surface area contributed by atoms with E-state index in [2.05, 4.69) is 6.58 Å². The molecule has 0 spiro atoms. The Hall–Kier alpha value is -1.20. The Morgan fingerprint density at radius 3 is 1.30 bits per heavy atom. The molecular formula is C4H11F3O3. The standard InChI is InChI=1S/C3H6.CH2O3.3FH/c1-3-2;2-1(3)4;;;/h3H,1H2,2H3;(H2,2,3,4);3*1H. The van der Waals surface area contributed by atoms with Crippen LogP contribution in [0.4, 0.5) is 18.9 Å². The summed E-state index contributed by atoms with van der Waals surface area (Å²) in [7, 11) is 0. The fourth-order valence-corrected chi connectivity index (χ4v) is 0. The molecule has 0 saturated heterocycles. The van der Waals surface area contributed by atoms with Gasteiger partial charge in [0.25, 0.3) is 0 Å². The molecule has 10 heavy (non-hydrogen) atoms. The highest BCUT2D eigenvalue weighted by atomic mass is 19.0. The molecule has 0 aliphatic rings. The Kier molecular flexibility index (Phi) is 171. The third kappa shape index (κ3) is 159. The van der Waals surface area contributed by atoms with E-state index in [1.54, 1.807) is 6.08 Å². The first-order valence-electron chi connectivity index (χ1n) is 1.64. The summed E-state index contributed by atoms with van der Waals surface area (Å²) in [5.74, 6) is 0. The van der Waals surface area contributed by atoms with E-state index in [-0.39, 0.29) is 14.1 Å². The van der Waals surface area contributed by atoms with Crippen LogP contribution in [0.2, 0.25) is 0 Å². The number of allylic oxidation sites excluding steroid dienone is 1. The van der Waals surface area contributed by atoms with Crippen molar-refractivity contribution in [2.24, 2.45) is 0 Å². The van der Waals surface area contributed by atoms with E-state index in [0.717, 1.165) is 0 Å². The Morgan fingerprint density at radius 1 is 1.30 bits per heavy atom. The van der Waals surface area contributed by atoms with Crippen LogP contribution in [0.1, 0.15) is 6.92 Å². The fourth-order valence-electron chi connectivity index (χ4n) is 0. The summed E-state index contributed by atoms with van der Waals surface area (Å²) in [5, 5.41) is 13.9. The second-order valence-corrected chi connectivity index (χ2v) is 0.691. The summed E-state index contributed by atoms with van der Waals surface area (Å²) in [6.07, 6.45) is -0.0833. The normalized spacial score (nSPS) is 3.70. The molecule has 0 aromatic carbocycles. The van der Waals surface area contributed by atoms with Crippen molar-refractivity contribution in [3.63, 3.8) is 0 Å². The first kappa shape index (κ1) is 37.1. The molecule has 0 rings (SSSR count). The van der Waals surface area contributed by atoms with Crippen LogP contribution in [-0.2, 0) is 0 Å². The Balaban J connectivity index is -0.0000000131. The Morgan fingerprint density at radius 2 is 1.30 bits per heavy atom. The molecule has 0 amide bonds.